The second-order valence-electron chi connectivity index (χ2n) is 3.02. The molecule has 1 heterocycles. The molecule has 2 aromatic rings. The van der Waals surface area contributed by atoms with Gasteiger partial charge in [-0.05, 0) is 12.1 Å². The molecule has 0 saturated heterocycles. The predicted octanol–water partition coefficient (Wildman–Crippen LogP) is 3.96. The van der Waals surface area contributed by atoms with E-state index in [4.69, 9.17) is 23.2 Å². The summed E-state index contributed by atoms with van der Waals surface area (Å²) in [6, 6.07) is 1.69. The van der Waals surface area contributed by atoms with Gasteiger partial charge in [0.05, 0.1) is 16.1 Å². The molecule has 0 bridgehead atoms. The Hall–Kier alpha value is -1.07. The fourth-order valence-corrected chi connectivity index (χ4v) is 1.71. The summed E-state index contributed by atoms with van der Waals surface area (Å²) < 4.78 is 37.5. The van der Waals surface area contributed by atoms with Crippen LogP contribution in [0.5, 0.6) is 0 Å². The van der Waals surface area contributed by atoms with Crippen LogP contribution in [-0.2, 0) is 6.18 Å². The number of rotatable bonds is 0. The van der Waals surface area contributed by atoms with Crippen molar-refractivity contribution in [3.63, 3.8) is 0 Å². The lowest BCUT2D eigenvalue weighted by Crippen LogP contribution is -2.05. The van der Waals surface area contributed by atoms with Crippen molar-refractivity contribution in [2.45, 2.75) is 6.18 Å². The van der Waals surface area contributed by atoms with Crippen LogP contribution in [0.4, 0.5) is 13.2 Å². The molecule has 84 valence electrons. The Kier molecular flexibility index (Phi) is 2.67. The molecule has 1 aromatic heterocycles. The topological polar surface area (TPSA) is 25.8 Å². The number of nitrogens with zero attached hydrogens (tertiary/aromatic N) is 2. The van der Waals surface area contributed by atoms with E-state index in [1.54, 1.807) is 0 Å². The minimum Gasteiger partial charge on any atom is -0.235 e. The quantitative estimate of drug-likeness (QED) is 0.675. The average molecular weight is 267 g/mol. The van der Waals surface area contributed by atoms with Gasteiger partial charge in [-0.25, -0.2) is 9.97 Å². The zero-order valence-electron chi connectivity index (χ0n) is 7.52. The van der Waals surface area contributed by atoms with E-state index in [-0.39, 0.29) is 21.1 Å². The SMILES string of the molecule is FC(F)(F)c1cc(Cl)c2ncnc(Cl)c2c1. The van der Waals surface area contributed by atoms with Crippen molar-refractivity contribution in [3.05, 3.63) is 34.2 Å². The summed E-state index contributed by atoms with van der Waals surface area (Å²) in [6.45, 7) is 0. The molecule has 0 N–H and O–H groups in total. The number of hydrogen-bond donors (Lipinski definition) is 0. The molecule has 16 heavy (non-hydrogen) atoms. The molecule has 0 radical (unpaired) electrons. The first-order valence-corrected chi connectivity index (χ1v) is 4.82. The van der Waals surface area contributed by atoms with Crippen LogP contribution in [0.2, 0.25) is 10.2 Å². The number of hydrogen-bond acceptors (Lipinski definition) is 2. The molecule has 0 amide bonds. The third-order valence-corrected chi connectivity index (χ3v) is 2.56. The maximum atomic E-state index is 12.5. The Balaban J connectivity index is 2.81. The highest BCUT2D eigenvalue weighted by molar-refractivity contribution is 6.38. The third kappa shape index (κ3) is 1.92. The zero-order valence-corrected chi connectivity index (χ0v) is 9.03. The van der Waals surface area contributed by atoms with Gasteiger partial charge in [0, 0.05) is 5.39 Å². The van der Waals surface area contributed by atoms with Crippen LogP contribution in [0, 0.1) is 0 Å². The van der Waals surface area contributed by atoms with E-state index < -0.39 is 11.7 Å². The van der Waals surface area contributed by atoms with Gasteiger partial charge >= 0.3 is 6.18 Å². The van der Waals surface area contributed by atoms with E-state index in [0.29, 0.717) is 0 Å². The van der Waals surface area contributed by atoms with Gasteiger partial charge in [0.1, 0.15) is 11.5 Å². The van der Waals surface area contributed by atoms with Crippen molar-refractivity contribution in [1.29, 1.82) is 0 Å². The molecule has 2 rings (SSSR count). The molecular formula is C9H3Cl2F3N2. The summed E-state index contributed by atoms with van der Waals surface area (Å²) >= 11 is 11.4. The number of aromatic nitrogens is 2. The fraction of sp³-hybridized carbons (Fsp3) is 0.111. The highest BCUT2D eigenvalue weighted by Crippen LogP contribution is 2.35. The van der Waals surface area contributed by atoms with Gasteiger partial charge in [-0.2, -0.15) is 13.2 Å². The Bertz CT molecular complexity index is 554. The fourth-order valence-electron chi connectivity index (χ4n) is 1.26. The van der Waals surface area contributed by atoms with E-state index in [9.17, 15) is 13.2 Å². The molecule has 0 aliphatic heterocycles. The Labute approximate surface area is 98.0 Å². The molecule has 2 nitrogen and oxygen atoms in total. The number of halogens is 5. The van der Waals surface area contributed by atoms with Gasteiger partial charge in [-0.1, -0.05) is 23.2 Å². The Morgan fingerprint density at radius 1 is 1.06 bits per heavy atom. The summed E-state index contributed by atoms with van der Waals surface area (Å²) in [6.07, 6.45) is -3.33. The third-order valence-electron chi connectivity index (χ3n) is 1.97. The van der Waals surface area contributed by atoms with Crippen molar-refractivity contribution in [3.8, 4) is 0 Å². The Morgan fingerprint density at radius 2 is 1.75 bits per heavy atom. The molecule has 0 spiro atoms. The number of benzene rings is 1. The van der Waals surface area contributed by atoms with Gasteiger partial charge in [-0.3, -0.25) is 0 Å². The molecule has 0 aliphatic rings. The molecular weight excluding hydrogens is 264 g/mol. The van der Waals surface area contributed by atoms with E-state index >= 15 is 0 Å². The lowest BCUT2D eigenvalue weighted by atomic mass is 10.1. The maximum absolute atomic E-state index is 12.5. The van der Waals surface area contributed by atoms with E-state index in [0.717, 1.165) is 18.5 Å². The normalized spacial score (nSPS) is 12.1. The number of fused-ring (bicyclic) bond motifs is 1. The minimum absolute atomic E-state index is 0.0574. The van der Waals surface area contributed by atoms with Gasteiger partial charge in [-0.15, -0.1) is 0 Å². The second-order valence-corrected chi connectivity index (χ2v) is 3.78. The highest BCUT2D eigenvalue weighted by Gasteiger charge is 2.31. The van der Waals surface area contributed by atoms with Gasteiger partial charge in [0.15, 0.2) is 0 Å². The zero-order chi connectivity index (χ0) is 11.9. The van der Waals surface area contributed by atoms with Crippen LogP contribution in [0.15, 0.2) is 18.5 Å². The van der Waals surface area contributed by atoms with Crippen LogP contribution in [0.1, 0.15) is 5.56 Å². The summed E-state index contributed by atoms with van der Waals surface area (Å²) in [5, 5.41) is -0.0730. The van der Waals surface area contributed by atoms with Gasteiger partial charge in [0.25, 0.3) is 0 Å². The van der Waals surface area contributed by atoms with Crippen LogP contribution >= 0.6 is 23.2 Å². The first kappa shape index (κ1) is 11.4. The lowest BCUT2D eigenvalue weighted by Gasteiger charge is -2.09. The minimum atomic E-state index is -4.48. The molecule has 0 atom stereocenters. The van der Waals surface area contributed by atoms with Crippen LogP contribution in [-0.4, -0.2) is 9.97 Å². The monoisotopic (exact) mass is 266 g/mol. The van der Waals surface area contributed by atoms with Crippen molar-refractivity contribution in [2.75, 3.05) is 0 Å². The maximum Gasteiger partial charge on any atom is 0.416 e. The highest BCUT2D eigenvalue weighted by atomic mass is 35.5. The molecule has 7 heteroatoms. The van der Waals surface area contributed by atoms with Crippen molar-refractivity contribution < 1.29 is 13.2 Å². The van der Waals surface area contributed by atoms with E-state index in [1.165, 1.54) is 0 Å². The molecule has 0 unspecified atom stereocenters. The second kappa shape index (κ2) is 3.75. The standard InChI is InChI=1S/C9H3Cl2F3N2/c10-6-2-4(9(12,13)14)1-5-7(6)15-3-16-8(5)11/h1-3H. The van der Waals surface area contributed by atoms with Crippen LogP contribution < -0.4 is 0 Å². The first-order chi connectivity index (χ1) is 7.39. The smallest absolute Gasteiger partial charge is 0.235 e. The number of alkyl halides is 3. The Morgan fingerprint density at radius 3 is 2.38 bits per heavy atom. The lowest BCUT2D eigenvalue weighted by molar-refractivity contribution is -0.137. The van der Waals surface area contributed by atoms with Crippen molar-refractivity contribution in [1.82, 2.24) is 9.97 Å². The first-order valence-electron chi connectivity index (χ1n) is 4.06. The molecule has 0 fully saturated rings. The van der Waals surface area contributed by atoms with Crippen molar-refractivity contribution in [2.24, 2.45) is 0 Å². The van der Waals surface area contributed by atoms with E-state index in [2.05, 4.69) is 9.97 Å². The summed E-state index contributed by atoms with van der Waals surface area (Å²) in [5.41, 5.74) is -0.670. The summed E-state index contributed by atoms with van der Waals surface area (Å²) in [5.74, 6) is 0. The summed E-state index contributed by atoms with van der Waals surface area (Å²) in [4.78, 5) is 7.37. The van der Waals surface area contributed by atoms with Gasteiger partial charge < -0.3 is 0 Å². The van der Waals surface area contributed by atoms with Crippen molar-refractivity contribution >= 4 is 34.1 Å². The molecule has 0 aliphatic carbocycles. The predicted molar refractivity (Wildman–Crippen MR) is 54.6 cm³/mol. The van der Waals surface area contributed by atoms with Gasteiger partial charge in [0.2, 0.25) is 0 Å². The molecule has 1 aromatic carbocycles. The van der Waals surface area contributed by atoms with Crippen LogP contribution in [0.25, 0.3) is 10.9 Å². The largest absolute Gasteiger partial charge is 0.416 e. The van der Waals surface area contributed by atoms with E-state index in [1.807, 2.05) is 0 Å². The molecule has 0 saturated carbocycles. The van der Waals surface area contributed by atoms with Crippen LogP contribution in [0.3, 0.4) is 0 Å². The average Bonchev–Trinajstić information content (AvgIpc) is 2.18. The summed E-state index contributed by atoms with van der Waals surface area (Å²) in [7, 11) is 0.